The highest BCUT2D eigenvalue weighted by Gasteiger charge is 2.30. The van der Waals surface area contributed by atoms with Crippen LogP contribution in [0.1, 0.15) is 38.8 Å². The molecule has 0 saturated heterocycles. The van der Waals surface area contributed by atoms with Crippen LogP contribution in [-0.2, 0) is 9.53 Å². The highest BCUT2D eigenvalue weighted by molar-refractivity contribution is 6.14. The maximum absolute atomic E-state index is 13.0. The van der Waals surface area contributed by atoms with Crippen molar-refractivity contribution >= 4 is 23.3 Å². The van der Waals surface area contributed by atoms with Crippen LogP contribution >= 0.6 is 0 Å². The maximum atomic E-state index is 13.0. The summed E-state index contributed by atoms with van der Waals surface area (Å²) in [4.78, 5) is 26.5. The smallest absolute Gasteiger partial charge is 0.421 e. The highest BCUT2D eigenvalue weighted by atomic mass is 16.6. The molecule has 9 nitrogen and oxygen atoms in total. The normalized spacial score (nSPS) is 11.3. The van der Waals surface area contributed by atoms with Gasteiger partial charge >= 0.3 is 6.09 Å². The molecule has 0 aliphatic heterocycles. The number of allylic oxidation sites excluding steroid dienone is 1. The van der Waals surface area contributed by atoms with E-state index >= 15 is 0 Å². The summed E-state index contributed by atoms with van der Waals surface area (Å²) in [5, 5.41) is 9.49. The second-order valence-electron chi connectivity index (χ2n) is 8.29. The van der Waals surface area contributed by atoms with Gasteiger partial charge in [-0.05, 0) is 68.7 Å². The molecule has 0 unspecified atom stereocenters. The molecule has 0 aromatic heterocycles. The van der Waals surface area contributed by atoms with E-state index in [1.165, 1.54) is 13.2 Å². The summed E-state index contributed by atoms with van der Waals surface area (Å²) in [6.07, 6.45) is 0.475. The third-order valence-electron chi connectivity index (χ3n) is 4.71. The monoisotopic (exact) mass is 481 g/mol. The number of hydrogen-bond donors (Lipinski definition) is 1. The van der Waals surface area contributed by atoms with Crippen LogP contribution in [0.25, 0.3) is 5.57 Å². The minimum Gasteiger partial charge on any atom is -0.495 e. The number of rotatable bonds is 8. The van der Waals surface area contributed by atoms with Gasteiger partial charge in [0.15, 0.2) is 11.5 Å². The van der Waals surface area contributed by atoms with Gasteiger partial charge < -0.3 is 24.7 Å². The third kappa shape index (κ3) is 6.74. The molecular formula is C26H31N3O6. The zero-order valence-electron chi connectivity index (χ0n) is 20.9. The van der Waals surface area contributed by atoms with Crippen LogP contribution < -0.4 is 24.8 Å². The van der Waals surface area contributed by atoms with E-state index in [1.54, 1.807) is 64.3 Å². The SMILES string of the molecule is CCOc1cc(/C(=C\C#N)c2ccc(OC)c(N(C(=O)CN)C(=O)OC(C)(C)C)c2)ccc1OC. The van der Waals surface area contributed by atoms with Crippen molar-refractivity contribution in [3.63, 3.8) is 0 Å². The minimum atomic E-state index is -0.891. The summed E-state index contributed by atoms with van der Waals surface area (Å²) in [5.41, 5.74) is 6.63. The zero-order chi connectivity index (χ0) is 26.2. The molecule has 9 heteroatoms. The predicted molar refractivity (Wildman–Crippen MR) is 133 cm³/mol. The first-order valence-electron chi connectivity index (χ1n) is 11.0. The summed E-state index contributed by atoms with van der Waals surface area (Å²) < 4.78 is 21.9. The summed E-state index contributed by atoms with van der Waals surface area (Å²) in [7, 11) is 2.96. The van der Waals surface area contributed by atoms with Crippen LogP contribution in [0.4, 0.5) is 10.5 Å². The number of hydrogen-bond acceptors (Lipinski definition) is 8. The maximum Gasteiger partial charge on any atom is 0.421 e. The molecule has 2 rings (SSSR count). The quantitative estimate of drug-likeness (QED) is 0.554. The van der Waals surface area contributed by atoms with Crippen molar-refractivity contribution in [3.8, 4) is 23.3 Å². The lowest BCUT2D eigenvalue weighted by Gasteiger charge is -2.27. The Bertz CT molecular complexity index is 1140. The Morgan fingerprint density at radius 2 is 1.63 bits per heavy atom. The Kier molecular flexibility index (Phi) is 9.26. The first-order valence-corrected chi connectivity index (χ1v) is 11.0. The second-order valence-corrected chi connectivity index (χ2v) is 8.29. The lowest BCUT2D eigenvalue weighted by Crippen LogP contribution is -2.44. The number of nitrogens with zero attached hydrogens (tertiary/aromatic N) is 2. The molecule has 2 amide bonds. The molecule has 2 aromatic carbocycles. The van der Waals surface area contributed by atoms with Gasteiger partial charge in [0.25, 0.3) is 0 Å². The van der Waals surface area contributed by atoms with Crippen LogP contribution in [0.5, 0.6) is 17.2 Å². The molecule has 186 valence electrons. The van der Waals surface area contributed by atoms with Gasteiger partial charge in [-0.25, -0.2) is 9.69 Å². The Hall–Kier alpha value is -4.03. The molecule has 0 spiro atoms. The van der Waals surface area contributed by atoms with E-state index in [2.05, 4.69) is 6.07 Å². The van der Waals surface area contributed by atoms with Crippen LogP contribution in [0.15, 0.2) is 42.5 Å². The number of benzene rings is 2. The van der Waals surface area contributed by atoms with Gasteiger partial charge in [0.1, 0.15) is 11.4 Å². The van der Waals surface area contributed by atoms with Crippen molar-refractivity contribution < 1.29 is 28.5 Å². The number of ether oxygens (including phenoxy) is 4. The number of methoxy groups -OCH3 is 2. The number of nitriles is 1. The van der Waals surface area contributed by atoms with Crippen molar-refractivity contribution in [2.24, 2.45) is 5.73 Å². The van der Waals surface area contributed by atoms with E-state index in [0.717, 1.165) is 4.90 Å². The van der Waals surface area contributed by atoms with Gasteiger partial charge in [0.2, 0.25) is 5.91 Å². The topological polar surface area (TPSA) is 124 Å². The molecule has 0 atom stereocenters. The van der Waals surface area contributed by atoms with E-state index in [0.29, 0.717) is 34.8 Å². The van der Waals surface area contributed by atoms with E-state index in [4.69, 9.17) is 24.7 Å². The molecule has 0 saturated carbocycles. The van der Waals surface area contributed by atoms with Crippen LogP contribution in [-0.4, -0.2) is 45.0 Å². The largest absolute Gasteiger partial charge is 0.495 e. The number of anilines is 1. The molecule has 0 radical (unpaired) electrons. The summed E-state index contributed by atoms with van der Waals surface area (Å²) in [6, 6.07) is 12.2. The number of imide groups is 1. The van der Waals surface area contributed by atoms with E-state index < -0.39 is 24.1 Å². The molecular weight excluding hydrogens is 450 g/mol. The highest BCUT2D eigenvalue weighted by Crippen LogP contribution is 2.37. The lowest BCUT2D eigenvalue weighted by atomic mass is 9.96. The first kappa shape index (κ1) is 27.2. The van der Waals surface area contributed by atoms with Gasteiger partial charge in [-0.3, -0.25) is 4.79 Å². The first-order chi connectivity index (χ1) is 16.6. The molecule has 0 aliphatic rings. The van der Waals surface area contributed by atoms with E-state index in [-0.39, 0.29) is 11.4 Å². The van der Waals surface area contributed by atoms with Crippen molar-refractivity contribution in [1.29, 1.82) is 5.26 Å². The van der Waals surface area contributed by atoms with Crippen molar-refractivity contribution in [3.05, 3.63) is 53.6 Å². The Labute approximate surface area is 205 Å². The molecule has 0 fully saturated rings. The Morgan fingerprint density at radius 1 is 1.03 bits per heavy atom. The average molecular weight is 482 g/mol. The number of amides is 2. The summed E-state index contributed by atoms with van der Waals surface area (Å²) in [5.74, 6) is 0.636. The predicted octanol–water partition coefficient (Wildman–Crippen LogP) is 4.28. The van der Waals surface area contributed by atoms with Gasteiger partial charge in [-0.1, -0.05) is 12.1 Å². The van der Waals surface area contributed by atoms with Gasteiger partial charge in [0, 0.05) is 6.08 Å². The minimum absolute atomic E-state index is 0.136. The van der Waals surface area contributed by atoms with Gasteiger partial charge in [-0.2, -0.15) is 5.26 Å². The average Bonchev–Trinajstić information content (AvgIpc) is 2.81. The number of carbonyl (C=O) groups excluding carboxylic acids is 2. The van der Waals surface area contributed by atoms with Crippen LogP contribution in [0.3, 0.4) is 0 Å². The molecule has 0 bridgehead atoms. The Balaban J connectivity index is 2.69. The Morgan fingerprint density at radius 3 is 2.14 bits per heavy atom. The fourth-order valence-corrected chi connectivity index (χ4v) is 3.28. The van der Waals surface area contributed by atoms with Crippen molar-refractivity contribution in [1.82, 2.24) is 0 Å². The third-order valence-corrected chi connectivity index (χ3v) is 4.71. The van der Waals surface area contributed by atoms with Crippen LogP contribution in [0.2, 0.25) is 0 Å². The lowest BCUT2D eigenvalue weighted by molar-refractivity contribution is -0.117. The van der Waals surface area contributed by atoms with E-state index in [9.17, 15) is 14.9 Å². The molecule has 0 aliphatic carbocycles. The van der Waals surface area contributed by atoms with E-state index in [1.807, 2.05) is 6.92 Å². The number of nitrogens with two attached hydrogens (primary N) is 1. The molecule has 2 N–H and O–H groups in total. The molecule has 2 aromatic rings. The number of carbonyl (C=O) groups is 2. The second kappa shape index (κ2) is 11.9. The fraction of sp³-hybridized carbons (Fsp3) is 0.346. The fourth-order valence-electron chi connectivity index (χ4n) is 3.28. The molecule has 0 heterocycles. The van der Waals surface area contributed by atoms with Crippen molar-refractivity contribution in [2.45, 2.75) is 33.3 Å². The molecule has 35 heavy (non-hydrogen) atoms. The van der Waals surface area contributed by atoms with Crippen LogP contribution in [0, 0.1) is 11.3 Å². The standard InChI is InChI=1S/C26H31N3O6/c1-7-34-23-15-18(9-11-22(23)33-6)19(12-13-27)17-8-10-21(32-5)20(14-17)29(24(30)16-28)25(31)35-26(2,3)4/h8-12,14-15H,7,16,28H2,1-6H3/b19-12-. The van der Waals surface area contributed by atoms with Gasteiger partial charge in [-0.15, -0.1) is 0 Å². The van der Waals surface area contributed by atoms with Gasteiger partial charge in [0.05, 0.1) is 39.1 Å². The summed E-state index contributed by atoms with van der Waals surface area (Å²) in [6.45, 7) is 6.93. The summed E-state index contributed by atoms with van der Waals surface area (Å²) >= 11 is 0. The van der Waals surface area contributed by atoms with Crippen molar-refractivity contribution in [2.75, 3.05) is 32.3 Å². The zero-order valence-corrected chi connectivity index (χ0v) is 20.9.